The summed E-state index contributed by atoms with van der Waals surface area (Å²) in [7, 11) is 0. The Labute approximate surface area is 187 Å². The van der Waals surface area contributed by atoms with Crippen molar-refractivity contribution in [1.82, 2.24) is 20.1 Å². The number of anilines is 1. The molecule has 0 saturated heterocycles. The monoisotopic (exact) mass is 453 g/mol. The average molecular weight is 454 g/mol. The molecule has 2 amide bonds. The van der Waals surface area contributed by atoms with Gasteiger partial charge in [0.1, 0.15) is 12.2 Å². The first-order valence-corrected chi connectivity index (χ1v) is 9.46. The number of aryl methyl sites for hydroxylation is 1. The van der Waals surface area contributed by atoms with Crippen LogP contribution < -0.4 is 10.6 Å². The number of rotatable bonds is 5. The zero-order valence-corrected chi connectivity index (χ0v) is 17.5. The molecule has 2 N–H and O–H groups in total. The second-order valence-electron chi connectivity index (χ2n) is 6.16. The maximum absolute atomic E-state index is 13.1. The summed E-state index contributed by atoms with van der Waals surface area (Å²) in [4.78, 5) is 33.1. The molecule has 0 fully saturated rings. The van der Waals surface area contributed by atoms with E-state index in [9.17, 15) is 9.59 Å². The highest BCUT2D eigenvalue weighted by molar-refractivity contribution is 6.32. The van der Waals surface area contributed by atoms with Crippen LogP contribution in [0.4, 0.5) is 11.4 Å². The van der Waals surface area contributed by atoms with E-state index in [1.807, 2.05) is 0 Å². The number of amides is 2. The van der Waals surface area contributed by atoms with Crippen LogP contribution in [0.3, 0.4) is 0 Å². The van der Waals surface area contributed by atoms with Crippen molar-refractivity contribution in [3.8, 4) is 11.9 Å². The molecule has 0 saturated carbocycles. The van der Waals surface area contributed by atoms with Gasteiger partial charge in [-0.2, -0.15) is 10.4 Å². The van der Waals surface area contributed by atoms with Crippen LogP contribution in [0.15, 0.2) is 36.5 Å². The van der Waals surface area contributed by atoms with Gasteiger partial charge < -0.3 is 10.6 Å². The van der Waals surface area contributed by atoms with Gasteiger partial charge in [-0.3, -0.25) is 9.59 Å². The number of carbonyl (C=O) groups is 2. The van der Waals surface area contributed by atoms with Gasteiger partial charge in [0.15, 0.2) is 16.7 Å². The Balaban J connectivity index is 2.04. The maximum Gasteiger partial charge on any atom is 0.274 e. The highest BCUT2D eigenvalue weighted by atomic mass is 35.5. The van der Waals surface area contributed by atoms with Gasteiger partial charge in [0.05, 0.1) is 28.9 Å². The van der Waals surface area contributed by atoms with Crippen molar-refractivity contribution in [1.29, 1.82) is 5.26 Å². The highest BCUT2D eigenvalue weighted by Gasteiger charge is 2.22. The molecule has 0 bridgehead atoms. The Morgan fingerprint density at radius 1 is 1.29 bits per heavy atom. The van der Waals surface area contributed by atoms with Gasteiger partial charge in [0, 0.05) is 12.3 Å². The van der Waals surface area contributed by atoms with E-state index in [-0.39, 0.29) is 45.2 Å². The molecule has 0 unspecified atom stereocenters. The molecule has 1 aromatic carbocycles. The maximum atomic E-state index is 13.1. The normalized spacial score (nSPS) is 10.1. The average Bonchev–Trinajstić information content (AvgIpc) is 3.14. The van der Waals surface area contributed by atoms with Crippen molar-refractivity contribution in [2.45, 2.75) is 6.92 Å². The highest BCUT2D eigenvalue weighted by Crippen LogP contribution is 2.29. The molecular weight excluding hydrogens is 441 g/mol. The van der Waals surface area contributed by atoms with Crippen LogP contribution in [0.1, 0.15) is 26.4 Å². The molecule has 0 aliphatic rings. The summed E-state index contributed by atoms with van der Waals surface area (Å²) in [5.41, 5.74) is 0.956. The third-order valence-electron chi connectivity index (χ3n) is 4.11. The molecule has 31 heavy (non-hydrogen) atoms. The van der Waals surface area contributed by atoms with Crippen LogP contribution in [0.25, 0.3) is 10.7 Å². The van der Waals surface area contributed by atoms with Gasteiger partial charge in [0.25, 0.3) is 11.8 Å². The number of aromatic nitrogens is 3. The van der Waals surface area contributed by atoms with Gasteiger partial charge in [-0.05, 0) is 30.7 Å². The first-order valence-electron chi connectivity index (χ1n) is 8.70. The molecule has 2 aromatic heterocycles. The molecular formula is C20H13Cl2N7O2. The predicted octanol–water partition coefficient (Wildman–Crippen LogP) is 3.94. The lowest BCUT2D eigenvalue weighted by Crippen LogP contribution is -2.26. The molecule has 3 rings (SSSR count). The van der Waals surface area contributed by atoms with Gasteiger partial charge in [-0.25, -0.2) is 14.5 Å². The number of pyridine rings is 1. The molecule has 2 heterocycles. The zero-order valence-electron chi connectivity index (χ0n) is 16.0. The third-order valence-corrected chi connectivity index (χ3v) is 4.59. The van der Waals surface area contributed by atoms with Gasteiger partial charge in [0.2, 0.25) is 0 Å². The molecule has 11 heteroatoms. The summed E-state index contributed by atoms with van der Waals surface area (Å²) in [6.45, 7) is 8.63. The number of hydrogen-bond donors (Lipinski definition) is 2. The lowest BCUT2D eigenvalue weighted by Gasteiger charge is -2.15. The van der Waals surface area contributed by atoms with Crippen molar-refractivity contribution in [2.24, 2.45) is 0 Å². The fourth-order valence-electron chi connectivity index (χ4n) is 2.78. The Morgan fingerprint density at radius 2 is 2.06 bits per heavy atom. The molecule has 0 radical (unpaired) electrons. The molecule has 0 spiro atoms. The standard InChI is InChI=1S/C20H13Cl2N7O2/c1-11-8-12(24-2)9-13(19(30)26-7-5-23)17(11)27-20(31)15-10-16(22)28-29(15)18-14(21)4-3-6-25-18/h3-4,6,8-10H,7H2,1H3,(H,26,30)(H,27,31). The fraction of sp³-hybridized carbons (Fsp3) is 0.100. The topological polar surface area (TPSA) is 117 Å². The van der Waals surface area contributed by atoms with E-state index in [1.54, 1.807) is 25.1 Å². The molecule has 3 aromatic rings. The van der Waals surface area contributed by atoms with Crippen LogP contribution in [0.2, 0.25) is 10.2 Å². The van der Waals surface area contributed by atoms with Gasteiger partial charge in [-0.15, -0.1) is 0 Å². The van der Waals surface area contributed by atoms with Crippen molar-refractivity contribution in [3.05, 3.63) is 74.9 Å². The van der Waals surface area contributed by atoms with Crippen LogP contribution in [0.5, 0.6) is 0 Å². The SMILES string of the molecule is [C-]#[N+]c1cc(C)c(NC(=O)c2cc(Cl)nn2-c2ncccc2Cl)c(C(=O)NCC#N)c1. The number of hydrogen-bond acceptors (Lipinski definition) is 5. The van der Waals surface area contributed by atoms with Crippen LogP contribution in [0, 0.1) is 24.8 Å². The van der Waals surface area contributed by atoms with E-state index in [0.717, 1.165) is 0 Å². The Hall–Kier alpha value is -3.92. The zero-order chi connectivity index (χ0) is 22.5. The quantitative estimate of drug-likeness (QED) is 0.448. The predicted molar refractivity (Wildman–Crippen MR) is 115 cm³/mol. The van der Waals surface area contributed by atoms with Gasteiger partial charge in [-0.1, -0.05) is 29.3 Å². The second kappa shape index (κ2) is 9.26. The van der Waals surface area contributed by atoms with Gasteiger partial charge >= 0.3 is 0 Å². The number of nitrogens with one attached hydrogen (secondary N) is 2. The fourth-order valence-corrected chi connectivity index (χ4v) is 3.16. The van der Waals surface area contributed by atoms with E-state index < -0.39 is 11.8 Å². The number of nitrogens with zero attached hydrogens (tertiary/aromatic N) is 5. The minimum Gasteiger partial charge on any atom is -0.339 e. The Morgan fingerprint density at radius 3 is 2.74 bits per heavy atom. The summed E-state index contributed by atoms with van der Waals surface area (Å²) in [5.74, 6) is -1.04. The molecule has 0 atom stereocenters. The van der Waals surface area contributed by atoms with E-state index in [1.165, 1.54) is 29.1 Å². The van der Waals surface area contributed by atoms with E-state index in [4.69, 9.17) is 35.0 Å². The minimum atomic E-state index is -0.630. The summed E-state index contributed by atoms with van der Waals surface area (Å²) >= 11 is 12.2. The van der Waals surface area contributed by atoms with Crippen LogP contribution in [-0.2, 0) is 0 Å². The molecule has 154 valence electrons. The molecule has 0 aliphatic carbocycles. The van der Waals surface area contributed by atoms with Crippen molar-refractivity contribution < 1.29 is 9.59 Å². The number of nitriles is 1. The van der Waals surface area contributed by atoms with E-state index in [2.05, 4.69) is 25.6 Å². The van der Waals surface area contributed by atoms with Crippen LogP contribution >= 0.6 is 23.2 Å². The Kier molecular flexibility index (Phi) is 6.51. The summed E-state index contributed by atoms with van der Waals surface area (Å²) < 4.78 is 1.19. The number of carbonyl (C=O) groups excluding carboxylic acids is 2. The number of halogens is 2. The van der Waals surface area contributed by atoms with Crippen molar-refractivity contribution in [3.63, 3.8) is 0 Å². The minimum absolute atomic E-state index is 0.0302. The Bertz CT molecular complexity index is 1270. The molecule has 0 aliphatic heterocycles. The smallest absolute Gasteiger partial charge is 0.274 e. The second-order valence-corrected chi connectivity index (χ2v) is 6.96. The summed E-state index contributed by atoms with van der Waals surface area (Å²) in [6.07, 6.45) is 1.49. The lowest BCUT2D eigenvalue weighted by atomic mass is 10.1. The molecule has 9 nitrogen and oxygen atoms in total. The summed E-state index contributed by atoms with van der Waals surface area (Å²) in [6, 6.07) is 9.23. The van der Waals surface area contributed by atoms with E-state index in [0.29, 0.717) is 5.56 Å². The van der Waals surface area contributed by atoms with Crippen molar-refractivity contribution in [2.75, 3.05) is 11.9 Å². The van der Waals surface area contributed by atoms with Crippen LogP contribution in [-0.4, -0.2) is 33.1 Å². The van der Waals surface area contributed by atoms with Crippen molar-refractivity contribution >= 4 is 46.4 Å². The first kappa shape index (κ1) is 21.8. The number of benzene rings is 1. The first-order chi connectivity index (χ1) is 14.8. The summed E-state index contributed by atoms with van der Waals surface area (Å²) in [5, 5.41) is 18.2. The van der Waals surface area contributed by atoms with E-state index >= 15 is 0 Å². The third kappa shape index (κ3) is 4.64. The largest absolute Gasteiger partial charge is 0.339 e. The lowest BCUT2D eigenvalue weighted by molar-refractivity contribution is 0.0959.